The summed E-state index contributed by atoms with van der Waals surface area (Å²) in [7, 11) is 1.84. The Labute approximate surface area is 73.1 Å². The molecule has 0 aromatic rings. The third-order valence-electron chi connectivity index (χ3n) is 1.79. The van der Waals surface area contributed by atoms with Crippen molar-refractivity contribution in [3.05, 3.63) is 0 Å². The maximum atomic E-state index is 8.60. The first-order chi connectivity index (χ1) is 5.33. The Bertz CT molecular complexity index is 112. The van der Waals surface area contributed by atoms with Crippen LogP contribution < -0.4 is 0 Å². The van der Waals surface area contributed by atoms with Crippen molar-refractivity contribution in [2.45, 2.75) is 32.0 Å². The number of hydrogen-bond acceptors (Lipinski definition) is 2. The van der Waals surface area contributed by atoms with E-state index < -0.39 is 0 Å². The van der Waals surface area contributed by atoms with Gasteiger partial charge in [-0.3, -0.25) is 0 Å². The first kappa shape index (κ1) is 10.3. The highest BCUT2D eigenvalue weighted by molar-refractivity contribution is 8.42. The largest absolute Gasteiger partial charge is 0.375 e. The van der Waals surface area contributed by atoms with Crippen LogP contribution in [-0.2, 0) is 4.74 Å². The van der Waals surface area contributed by atoms with Gasteiger partial charge in [-0.25, -0.2) is 0 Å². The van der Waals surface area contributed by atoms with Crippen molar-refractivity contribution < 1.29 is 9.63 Å². The summed E-state index contributed by atoms with van der Waals surface area (Å²) in [6.45, 7) is 2.14. The normalized spacial score (nSPS) is 34.4. The minimum Gasteiger partial charge on any atom is -0.375 e. The van der Waals surface area contributed by atoms with Crippen LogP contribution in [0.25, 0.3) is 0 Å². The molecule has 0 aromatic heterocycles. The molecule has 66 valence electrons. The van der Waals surface area contributed by atoms with E-state index in [0.29, 0.717) is 12.2 Å². The second-order valence-electron chi connectivity index (χ2n) is 2.76. The van der Waals surface area contributed by atoms with Crippen LogP contribution >= 0.6 is 24.7 Å². The van der Waals surface area contributed by atoms with E-state index in [4.69, 9.17) is 9.63 Å². The quantitative estimate of drug-likeness (QED) is 0.572. The molecule has 1 aliphatic heterocycles. The lowest BCUT2D eigenvalue weighted by molar-refractivity contribution is 0.0698. The van der Waals surface area contributed by atoms with Crippen molar-refractivity contribution >= 4 is 24.7 Å². The van der Waals surface area contributed by atoms with Gasteiger partial charge < -0.3 is 9.63 Å². The fourth-order valence-corrected chi connectivity index (χ4v) is 4.81. The minimum absolute atomic E-state index is 0.159. The molecule has 0 amide bonds. The molecular weight excluding hydrogens is 197 g/mol. The van der Waals surface area contributed by atoms with Gasteiger partial charge in [-0.2, -0.15) is 0 Å². The van der Waals surface area contributed by atoms with Crippen LogP contribution in [-0.4, -0.2) is 23.3 Å². The third kappa shape index (κ3) is 4.11. The van der Waals surface area contributed by atoms with Crippen LogP contribution in [0.2, 0.25) is 0 Å². The van der Waals surface area contributed by atoms with E-state index >= 15 is 0 Å². The van der Waals surface area contributed by atoms with E-state index in [-0.39, 0.29) is 8.50 Å². The summed E-state index contributed by atoms with van der Waals surface area (Å²) in [5.74, 6) is 0. The standard InChI is InChI=1S/C6H15O2P3/c1-5-2-3-6(8-5)4-9-11-10-7/h5-7,9-11H,2-4H2,1H3/t5-,6-/m0/s1. The molecule has 0 radical (unpaired) electrons. The Morgan fingerprint density at radius 1 is 1.55 bits per heavy atom. The second-order valence-corrected chi connectivity index (χ2v) is 8.73. The zero-order valence-electron chi connectivity index (χ0n) is 6.63. The molecule has 1 N–H and O–H groups in total. The van der Waals surface area contributed by atoms with Gasteiger partial charge in [0.25, 0.3) is 0 Å². The summed E-state index contributed by atoms with van der Waals surface area (Å²) < 4.78 is 5.64. The smallest absolute Gasteiger partial charge is 0.0619 e. The lowest BCUT2D eigenvalue weighted by Crippen LogP contribution is -2.09. The van der Waals surface area contributed by atoms with Crippen LogP contribution in [0.1, 0.15) is 19.8 Å². The molecule has 1 saturated heterocycles. The second kappa shape index (κ2) is 5.79. The van der Waals surface area contributed by atoms with Crippen LogP contribution in [0.3, 0.4) is 0 Å². The summed E-state index contributed by atoms with van der Waals surface area (Å²) in [5.41, 5.74) is 0. The topological polar surface area (TPSA) is 29.5 Å². The van der Waals surface area contributed by atoms with Gasteiger partial charge in [0.05, 0.1) is 12.2 Å². The molecule has 0 bridgehead atoms. The molecule has 3 unspecified atom stereocenters. The molecule has 0 aromatic carbocycles. The van der Waals surface area contributed by atoms with E-state index in [9.17, 15) is 0 Å². The molecule has 1 heterocycles. The Hall–Kier alpha value is 1.21. The molecule has 1 aliphatic rings. The zero-order valence-corrected chi connectivity index (χ0v) is 9.63. The van der Waals surface area contributed by atoms with Crippen molar-refractivity contribution in [3.63, 3.8) is 0 Å². The van der Waals surface area contributed by atoms with Gasteiger partial charge in [0.15, 0.2) is 0 Å². The van der Waals surface area contributed by atoms with Gasteiger partial charge in [-0.1, -0.05) is 8.27 Å². The molecule has 5 atom stereocenters. The van der Waals surface area contributed by atoms with Crippen LogP contribution in [0.4, 0.5) is 0 Å². The average Bonchev–Trinajstić information content (AvgIpc) is 2.37. The predicted octanol–water partition coefficient (Wildman–Crippen LogP) is 2.33. The molecule has 11 heavy (non-hydrogen) atoms. The van der Waals surface area contributed by atoms with Crippen molar-refractivity contribution in [3.8, 4) is 0 Å². The maximum absolute atomic E-state index is 8.60. The molecular formula is C6H15O2P3. The lowest BCUT2D eigenvalue weighted by Gasteiger charge is -2.09. The van der Waals surface area contributed by atoms with Gasteiger partial charge in [0.1, 0.15) is 0 Å². The Morgan fingerprint density at radius 3 is 2.91 bits per heavy atom. The van der Waals surface area contributed by atoms with Gasteiger partial charge in [0.2, 0.25) is 0 Å². The highest BCUT2D eigenvalue weighted by Gasteiger charge is 2.20. The Kier molecular flexibility index (Phi) is 5.41. The molecule has 1 fully saturated rings. The summed E-state index contributed by atoms with van der Waals surface area (Å²) in [5, 5.41) is 0. The third-order valence-corrected chi connectivity index (χ3v) is 6.82. The number of rotatable bonds is 4. The SMILES string of the molecule is C[C@H]1CC[C@@H](CPPPO)O1. The van der Waals surface area contributed by atoms with Gasteiger partial charge in [-0.15, -0.1) is 0 Å². The fourth-order valence-electron chi connectivity index (χ4n) is 1.24. The molecule has 0 spiro atoms. The van der Waals surface area contributed by atoms with E-state index in [1.54, 1.807) is 0 Å². The fraction of sp³-hybridized carbons (Fsp3) is 1.00. The highest BCUT2D eigenvalue weighted by atomic mass is 32.4. The van der Waals surface area contributed by atoms with Crippen LogP contribution in [0.5, 0.6) is 0 Å². The summed E-state index contributed by atoms with van der Waals surface area (Å²) in [6.07, 6.45) is 4.61. The van der Waals surface area contributed by atoms with Crippen LogP contribution in [0, 0.1) is 0 Å². The minimum atomic E-state index is 0.159. The first-order valence-electron chi connectivity index (χ1n) is 3.85. The predicted molar refractivity (Wildman–Crippen MR) is 55.6 cm³/mol. The van der Waals surface area contributed by atoms with E-state index in [1.807, 2.05) is 0 Å². The van der Waals surface area contributed by atoms with Crippen molar-refractivity contribution in [1.82, 2.24) is 0 Å². The lowest BCUT2D eigenvalue weighted by atomic mass is 10.2. The monoisotopic (exact) mass is 212 g/mol. The van der Waals surface area contributed by atoms with E-state index in [1.165, 1.54) is 19.0 Å². The van der Waals surface area contributed by atoms with Gasteiger partial charge in [-0.05, 0) is 33.9 Å². The number of hydrogen-bond donors (Lipinski definition) is 1. The van der Waals surface area contributed by atoms with Crippen molar-refractivity contribution in [2.24, 2.45) is 0 Å². The maximum Gasteiger partial charge on any atom is 0.0619 e. The average molecular weight is 212 g/mol. The summed E-state index contributed by atoms with van der Waals surface area (Å²) in [4.78, 5) is 8.60. The zero-order chi connectivity index (χ0) is 8.10. The highest BCUT2D eigenvalue weighted by Crippen LogP contribution is 2.51. The van der Waals surface area contributed by atoms with Crippen molar-refractivity contribution in [1.29, 1.82) is 0 Å². The summed E-state index contributed by atoms with van der Waals surface area (Å²) >= 11 is 0. The first-order valence-corrected chi connectivity index (χ1v) is 9.00. The molecule has 2 nitrogen and oxygen atoms in total. The molecule has 0 aliphatic carbocycles. The van der Waals surface area contributed by atoms with E-state index in [0.717, 1.165) is 16.2 Å². The van der Waals surface area contributed by atoms with Crippen LogP contribution in [0.15, 0.2) is 0 Å². The van der Waals surface area contributed by atoms with Gasteiger partial charge >= 0.3 is 0 Å². The van der Waals surface area contributed by atoms with Gasteiger partial charge in [0, 0.05) is 8.50 Å². The molecule has 1 rings (SSSR count). The van der Waals surface area contributed by atoms with Crippen molar-refractivity contribution in [2.75, 3.05) is 6.16 Å². The molecule has 5 heteroatoms. The van der Waals surface area contributed by atoms with E-state index in [2.05, 4.69) is 6.92 Å². The molecule has 0 saturated carbocycles. The Morgan fingerprint density at radius 2 is 2.36 bits per heavy atom. The summed E-state index contributed by atoms with van der Waals surface area (Å²) in [6, 6.07) is 0. The Balaban J connectivity index is 1.99. The number of ether oxygens (including phenoxy) is 1.